The molecule has 2 bridgehead atoms. The summed E-state index contributed by atoms with van der Waals surface area (Å²) in [5.41, 5.74) is 0.397. The molecule has 10 nitrogen and oxygen atoms in total. The lowest BCUT2D eigenvalue weighted by molar-refractivity contribution is -0.164. The number of unbranched alkanes of at least 4 members (excludes halogenated alkanes) is 2. The predicted molar refractivity (Wildman–Crippen MR) is 197 cm³/mol. The van der Waals surface area contributed by atoms with Gasteiger partial charge < -0.3 is 29.3 Å². The molecule has 2 aromatic rings. The van der Waals surface area contributed by atoms with Crippen LogP contribution >= 0.6 is 15.9 Å². The summed E-state index contributed by atoms with van der Waals surface area (Å²) in [5, 5.41) is 9.41. The molecule has 0 aliphatic carbocycles. The van der Waals surface area contributed by atoms with Gasteiger partial charge in [0.05, 0.1) is 24.0 Å². The van der Waals surface area contributed by atoms with E-state index >= 15 is 0 Å². The minimum Gasteiger partial charge on any atom is -0.455 e. The van der Waals surface area contributed by atoms with Crippen molar-refractivity contribution in [1.82, 2.24) is 14.7 Å². The number of amides is 3. The van der Waals surface area contributed by atoms with E-state index in [2.05, 4.69) is 29.1 Å². The summed E-state index contributed by atoms with van der Waals surface area (Å²) in [6.45, 7) is 10.3. The van der Waals surface area contributed by atoms with Gasteiger partial charge in [0.25, 0.3) is 0 Å². The predicted octanol–water partition coefficient (Wildman–Crippen LogP) is 5.21. The minimum atomic E-state index is -1.25. The lowest BCUT2D eigenvalue weighted by atomic mass is 9.70. The van der Waals surface area contributed by atoms with Crippen LogP contribution in [0.15, 0.2) is 86.0 Å². The van der Waals surface area contributed by atoms with Gasteiger partial charge in [0.1, 0.15) is 17.7 Å². The molecule has 3 amide bonds. The summed E-state index contributed by atoms with van der Waals surface area (Å²) in [6, 6.07) is 17.4. The second-order valence-corrected chi connectivity index (χ2v) is 15.0. The summed E-state index contributed by atoms with van der Waals surface area (Å²) in [5.74, 6) is -3.18. The maximum atomic E-state index is 14.7. The first-order valence-corrected chi connectivity index (χ1v) is 18.8. The van der Waals surface area contributed by atoms with Gasteiger partial charge in [-0.3, -0.25) is 19.2 Å². The molecule has 3 heterocycles. The number of carbonyl (C=O) groups excluding carboxylic acids is 4. The van der Waals surface area contributed by atoms with E-state index < -0.39 is 47.7 Å². The number of ether oxygens (including phenoxy) is 2. The first-order valence-electron chi connectivity index (χ1n) is 17.9. The van der Waals surface area contributed by atoms with E-state index in [1.165, 1.54) is 0 Å². The Morgan fingerprint density at radius 2 is 1.76 bits per heavy atom. The minimum absolute atomic E-state index is 0.0348. The summed E-state index contributed by atoms with van der Waals surface area (Å²) >= 11 is 3.76. The fraction of sp³-hybridized carbons (Fsp3) is 0.500. The van der Waals surface area contributed by atoms with Crippen molar-refractivity contribution in [3.8, 4) is 0 Å². The number of likely N-dealkylation sites (N-methyl/N-ethyl adjacent to an activating group) is 1. The molecule has 11 heteroatoms. The number of likely N-dealkylation sites (tertiary alicyclic amines) is 1. The Bertz CT molecular complexity index is 1560. The number of esters is 1. The van der Waals surface area contributed by atoms with Gasteiger partial charge >= 0.3 is 5.97 Å². The highest BCUT2D eigenvalue weighted by atomic mass is 79.9. The van der Waals surface area contributed by atoms with Crippen LogP contribution in [0.25, 0.3) is 0 Å². The van der Waals surface area contributed by atoms with Crippen molar-refractivity contribution in [2.75, 3.05) is 26.7 Å². The lowest BCUT2D eigenvalue weighted by Gasteiger charge is -2.37. The zero-order chi connectivity index (χ0) is 36.7. The Kier molecular flexibility index (Phi) is 12.9. The summed E-state index contributed by atoms with van der Waals surface area (Å²) in [4.78, 5) is 61.5. The molecule has 0 aromatic heterocycles. The number of benzene rings is 2. The molecule has 3 aliphatic rings. The molecule has 2 aromatic carbocycles. The molecule has 3 fully saturated rings. The molecular weight excluding hydrogens is 714 g/mol. The molecule has 274 valence electrons. The van der Waals surface area contributed by atoms with E-state index in [-0.39, 0.29) is 48.7 Å². The van der Waals surface area contributed by atoms with E-state index in [9.17, 15) is 24.3 Å². The van der Waals surface area contributed by atoms with Crippen LogP contribution in [0.4, 0.5) is 0 Å². The van der Waals surface area contributed by atoms with Crippen molar-refractivity contribution in [2.45, 2.75) is 86.7 Å². The van der Waals surface area contributed by atoms with Crippen LogP contribution in [0.1, 0.15) is 62.7 Å². The van der Waals surface area contributed by atoms with Crippen molar-refractivity contribution >= 4 is 39.6 Å². The average Bonchev–Trinajstić information content (AvgIpc) is 3.73. The van der Waals surface area contributed by atoms with Crippen LogP contribution in [-0.2, 0) is 35.2 Å². The molecule has 1 spiro atoms. The van der Waals surface area contributed by atoms with Crippen LogP contribution in [0.2, 0.25) is 0 Å². The maximum absolute atomic E-state index is 14.7. The van der Waals surface area contributed by atoms with Crippen LogP contribution < -0.4 is 0 Å². The molecule has 51 heavy (non-hydrogen) atoms. The van der Waals surface area contributed by atoms with E-state index in [1.807, 2.05) is 67.6 Å². The largest absolute Gasteiger partial charge is 0.455 e. The SMILES string of the molecule is C=CCCC(=O)N(C)[C@H](C)[C@H](OC(=O)[C@H]1[C@@H]2O[C@@]3(CC2Br)[C@@H]1C(=O)N(CCCCCO)[C@@H]3C(=O)N(CC=C)Cc1ccccc1)c1ccccc1. The Labute approximate surface area is 309 Å². The zero-order valence-electron chi connectivity index (χ0n) is 29.6. The summed E-state index contributed by atoms with van der Waals surface area (Å²) < 4.78 is 13.1. The van der Waals surface area contributed by atoms with Gasteiger partial charge in [-0.05, 0) is 50.2 Å². The second kappa shape index (κ2) is 17.1. The van der Waals surface area contributed by atoms with Gasteiger partial charge in [0.15, 0.2) is 0 Å². The molecule has 0 saturated carbocycles. The molecule has 1 N–H and O–H groups in total. The van der Waals surface area contributed by atoms with E-state index in [0.717, 1.165) is 5.56 Å². The van der Waals surface area contributed by atoms with Crippen molar-refractivity contribution < 1.29 is 33.8 Å². The summed E-state index contributed by atoms with van der Waals surface area (Å²) in [7, 11) is 1.69. The fourth-order valence-electron chi connectivity index (χ4n) is 7.98. The third kappa shape index (κ3) is 7.85. The number of aliphatic hydroxyl groups excluding tert-OH is 1. The smallest absolute Gasteiger partial charge is 0.313 e. The van der Waals surface area contributed by atoms with Gasteiger partial charge in [-0.15, -0.1) is 13.2 Å². The molecule has 3 saturated heterocycles. The van der Waals surface area contributed by atoms with Gasteiger partial charge in [-0.1, -0.05) is 88.7 Å². The standard InChI is InChI=1S/C40H50BrN3O7/c1-5-7-21-31(46)42(4)27(3)34(29-19-13-9-14-20-29)50-39(49)32-33-37(47)44(23-15-10-16-24-45)36(40(33)25-30(41)35(32)51-40)38(48)43(22-6-2)26-28-17-11-8-12-18-28/h5-6,8-9,11-14,17-20,27,30,32-36,45H,1-2,7,10,15-16,21-26H2,3-4H3/t27-,30?,32-,33+,34+,35-,36-,40+/m1/s1. The molecule has 8 atom stereocenters. The third-order valence-corrected chi connectivity index (χ3v) is 11.5. The van der Waals surface area contributed by atoms with Gasteiger partial charge in [0, 0.05) is 44.5 Å². The number of alkyl halides is 1. The van der Waals surface area contributed by atoms with Crippen LogP contribution in [0, 0.1) is 11.8 Å². The second-order valence-electron chi connectivity index (χ2n) is 13.8. The Balaban J connectivity index is 1.48. The Hall–Kier alpha value is -3.80. The lowest BCUT2D eigenvalue weighted by Crippen LogP contribution is -2.56. The third-order valence-electron chi connectivity index (χ3n) is 10.6. The molecule has 5 rings (SSSR count). The van der Waals surface area contributed by atoms with Crippen molar-refractivity contribution in [2.24, 2.45) is 11.8 Å². The van der Waals surface area contributed by atoms with E-state index in [4.69, 9.17) is 9.47 Å². The topological polar surface area (TPSA) is 117 Å². The molecule has 0 radical (unpaired) electrons. The van der Waals surface area contributed by atoms with Crippen LogP contribution in [0.5, 0.6) is 0 Å². The van der Waals surface area contributed by atoms with Crippen molar-refractivity contribution in [3.05, 3.63) is 97.1 Å². The quantitative estimate of drug-likeness (QED) is 0.0960. The molecule has 3 aliphatic heterocycles. The number of carbonyl (C=O) groups is 4. The fourth-order valence-corrected chi connectivity index (χ4v) is 8.92. The van der Waals surface area contributed by atoms with E-state index in [1.54, 1.807) is 33.9 Å². The van der Waals surface area contributed by atoms with Crippen LogP contribution in [-0.4, -0.2) is 98.9 Å². The monoisotopic (exact) mass is 763 g/mol. The molecule has 1 unspecified atom stereocenters. The number of rotatable bonds is 18. The average molecular weight is 765 g/mol. The van der Waals surface area contributed by atoms with Crippen molar-refractivity contribution in [3.63, 3.8) is 0 Å². The van der Waals surface area contributed by atoms with Crippen LogP contribution in [0.3, 0.4) is 0 Å². The maximum Gasteiger partial charge on any atom is 0.313 e. The Morgan fingerprint density at radius 1 is 1.08 bits per heavy atom. The number of fused-ring (bicyclic) bond motifs is 1. The summed E-state index contributed by atoms with van der Waals surface area (Å²) in [6.07, 6.45) is 4.84. The van der Waals surface area contributed by atoms with Gasteiger partial charge in [0.2, 0.25) is 17.7 Å². The number of halogens is 1. The number of nitrogens with zero attached hydrogens (tertiary/aromatic N) is 3. The first kappa shape index (κ1) is 38.4. The van der Waals surface area contributed by atoms with Gasteiger partial charge in [-0.2, -0.15) is 0 Å². The number of allylic oxidation sites excluding steroid dienone is 1. The van der Waals surface area contributed by atoms with E-state index in [0.29, 0.717) is 44.2 Å². The van der Waals surface area contributed by atoms with Gasteiger partial charge in [-0.25, -0.2) is 0 Å². The number of hydrogen-bond donors (Lipinski definition) is 1. The highest BCUT2D eigenvalue weighted by Crippen LogP contribution is 2.60. The number of aliphatic hydroxyl groups is 1. The normalized spacial score (nSPS) is 25.9. The number of hydrogen-bond acceptors (Lipinski definition) is 7. The first-order chi connectivity index (χ1) is 24.6. The van der Waals surface area contributed by atoms with Crippen molar-refractivity contribution in [1.29, 1.82) is 0 Å². The highest BCUT2D eigenvalue weighted by Gasteiger charge is 2.77. The zero-order valence-corrected chi connectivity index (χ0v) is 31.2. The highest BCUT2D eigenvalue weighted by molar-refractivity contribution is 9.09. The Morgan fingerprint density at radius 3 is 2.41 bits per heavy atom. The molecular formula is C40H50BrN3O7.